The normalized spacial score (nSPS) is 12.4. The molecule has 0 heterocycles. The van der Waals surface area contributed by atoms with Crippen LogP contribution in [0.25, 0.3) is 0 Å². The molecule has 0 bridgehead atoms. The van der Waals surface area contributed by atoms with Crippen LogP contribution in [0.3, 0.4) is 0 Å². The monoisotopic (exact) mass is 219 g/mol. The highest BCUT2D eigenvalue weighted by atomic mass is 32.2. The average molecular weight is 219 g/mol. The molecular formula is C9H17NO3S. The third kappa shape index (κ3) is 5.95. The maximum atomic E-state index is 11.4. The molecule has 0 rings (SSSR count). The van der Waals surface area contributed by atoms with Crippen LogP contribution in [-0.4, -0.2) is 33.6 Å². The Balaban J connectivity index is 4.08. The number of hydrogen-bond acceptors (Lipinski definition) is 4. The van der Waals surface area contributed by atoms with Crippen molar-refractivity contribution in [2.24, 2.45) is 5.41 Å². The molecular weight excluding hydrogens is 202 g/mol. The third-order valence-corrected chi connectivity index (χ3v) is 3.55. The minimum Gasteiger partial charge on any atom is -0.384 e. The molecule has 0 aliphatic heterocycles. The Hall–Kier alpha value is -0.600. The Morgan fingerprint density at radius 3 is 2.36 bits per heavy atom. The van der Waals surface area contributed by atoms with Crippen molar-refractivity contribution in [2.75, 3.05) is 25.2 Å². The second kappa shape index (κ2) is 5.32. The van der Waals surface area contributed by atoms with E-state index in [9.17, 15) is 8.42 Å². The first kappa shape index (κ1) is 13.4. The van der Waals surface area contributed by atoms with Crippen LogP contribution in [0.15, 0.2) is 0 Å². The van der Waals surface area contributed by atoms with Gasteiger partial charge in [0.1, 0.15) is 0 Å². The molecule has 0 N–H and O–H groups in total. The van der Waals surface area contributed by atoms with Gasteiger partial charge in [0.15, 0.2) is 9.84 Å². The summed E-state index contributed by atoms with van der Waals surface area (Å²) in [7, 11) is -1.60. The maximum Gasteiger partial charge on any atom is 0.152 e. The first-order valence-electron chi connectivity index (χ1n) is 4.43. The van der Waals surface area contributed by atoms with E-state index in [1.807, 2.05) is 0 Å². The Kier molecular flexibility index (Phi) is 5.09. The lowest BCUT2D eigenvalue weighted by Gasteiger charge is -2.14. The molecule has 0 aromatic carbocycles. The molecule has 0 amide bonds. The van der Waals surface area contributed by atoms with Crippen molar-refractivity contribution < 1.29 is 13.2 Å². The lowest BCUT2D eigenvalue weighted by molar-refractivity contribution is 0.217. The number of nitriles is 1. The van der Waals surface area contributed by atoms with E-state index >= 15 is 0 Å². The molecule has 0 radical (unpaired) electrons. The number of hydrogen-bond donors (Lipinski definition) is 0. The third-order valence-electron chi connectivity index (χ3n) is 1.94. The van der Waals surface area contributed by atoms with E-state index in [1.54, 1.807) is 13.8 Å². The molecule has 0 spiro atoms. The van der Waals surface area contributed by atoms with Gasteiger partial charge < -0.3 is 4.74 Å². The van der Waals surface area contributed by atoms with Gasteiger partial charge in [0.05, 0.1) is 29.6 Å². The molecule has 82 valence electrons. The van der Waals surface area contributed by atoms with Crippen LogP contribution >= 0.6 is 0 Å². The first-order valence-corrected chi connectivity index (χ1v) is 6.26. The van der Waals surface area contributed by atoms with Crippen LogP contribution in [0, 0.1) is 16.7 Å². The predicted molar refractivity (Wildman–Crippen MR) is 54.5 cm³/mol. The molecule has 0 aliphatic rings. The van der Waals surface area contributed by atoms with Crippen LogP contribution in [0.4, 0.5) is 0 Å². The van der Waals surface area contributed by atoms with Crippen LogP contribution in [-0.2, 0) is 14.6 Å². The molecule has 0 unspecified atom stereocenters. The van der Waals surface area contributed by atoms with E-state index < -0.39 is 15.3 Å². The molecule has 0 aromatic heterocycles. The Bertz CT molecular complexity index is 301. The summed E-state index contributed by atoms with van der Waals surface area (Å²) in [6.45, 7) is 3.69. The number of ether oxygens (including phenoxy) is 1. The fourth-order valence-electron chi connectivity index (χ4n) is 0.779. The lowest BCUT2D eigenvalue weighted by Crippen LogP contribution is -2.20. The highest BCUT2D eigenvalue weighted by Crippen LogP contribution is 2.19. The summed E-state index contributed by atoms with van der Waals surface area (Å²) >= 11 is 0. The number of methoxy groups -OCH3 is 1. The SMILES string of the molecule is COCCS(=O)(=O)CCC(C)(C)C#N. The van der Waals surface area contributed by atoms with Crippen molar-refractivity contribution in [1.82, 2.24) is 0 Å². The predicted octanol–water partition coefficient (Wildman–Crippen LogP) is 0.987. The van der Waals surface area contributed by atoms with Crippen molar-refractivity contribution in [3.63, 3.8) is 0 Å². The van der Waals surface area contributed by atoms with Gasteiger partial charge >= 0.3 is 0 Å². The number of sulfone groups is 1. The van der Waals surface area contributed by atoms with Crippen LogP contribution in [0.2, 0.25) is 0 Å². The molecule has 0 saturated carbocycles. The molecule has 4 nitrogen and oxygen atoms in total. The summed E-state index contributed by atoms with van der Waals surface area (Å²) < 4.78 is 27.4. The summed E-state index contributed by atoms with van der Waals surface area (Å²) in [6.07, 6.45) is 0.371. The van der Waals surface area contributed by atoms with Gasteiger partial charge in [-0.3, -0.25) is 0 Å². The van der Waals surface area contributed by atoms with E-state index in [0.29, 0.717) is 6.42 Å². The van der Waals surface area contributed by atoms with Crippen molar-refractivity contribution in [3.05, 3.63) is 0 Å². The molecule has 0 aromatic rings. The number of rotatable bonds is 6. The van der Waals surface area contributed by atoms with Gasteiger partial charge in [-0.1, -0.05) is 0 Å². The molecule has 0 fully saturated rings. The lowest BCUT2D eigenvalue weighted by atomic mass is 9.93. The van der Waals surface area contributed by atoms with E-state index in [1.165, 1.54) is 7.11 Å². The molecule has 0 aliphatic carbocycles. The van der Waals surface area contributed by atoms with Crippen LogP contribution < -0.4 is 0 Å². The van der Waals surface area contributed by atoms with E-state index in [0.717, 1.165) is 0 Å². The minimum absolute atomic E-state index is 0.0327. The van der Waals surface area contributed by atoms with E-state index in [2.05, 4.69) is 6.07 Å². The summed E-state index contributed by atoms with van der Waals surface area (Å²) in [6, 6.07) is 2.07. The van der Waals surface area contributed by atoms with Crippen LogP contribution in [0.1, 0.15) is 20.3 Å². The highest BCUT2D eigenvalue weighted by Gasteiger charge is 2.20. The fraction of sp³-hybridized carbons (Fsp3) is 0.889. The zero-order chi connectivity index (χ0) is 11.2. The second-order valence-electron chi connectivity index (χ2n) is 3.89. The zero-order valence-corrected chi connectivity index (χ0v) is 9.73. The highest BCUT2D eigenvalue weighted by molar-refractivity contribution is 7.91. The van der Waals surface area contributed by atoms with Gasteiger partial charge in [0.25, 0.3) is 0 Å². The Morgan fingerprint density at radius 1 is 1.36 bits per heavy atom. The van der Waals surface area contributed by atoms with Gasteiger partial charge in [0.2, 0.25) is 0 Å². The fourth-order valence-corrected chi connectivity index (χ4v) is 2.22. The summed E-state index contributed by atoms with van der Waals surface area (Å²) in [5, 5.41) is 8.70. The Labute approximate surface area is 85.8 Å². The van der Waals surface area contributed by atoms with E-state index in [4.69, 9.17) is 10.00 Å². The van der Waals surface area contributed by atoms with Crippen molar-refractivity contribution >= 4 is 9.84 Å². The molecule has 0 saturated heterocycles. The van der Waals surface area contributed by atoms with Gasteiger partial charge in [0, 0.05) is 7.11 Å². The van der Waals surface area contributed by atoms with E-state index in [-0.39, 0.29) is 18.1 Å². The summed E-state index contributed by atoms with van der Waals surface area (Å²) in [4.78, 5) is 0. The van der Waals surface area contributed by atoms with Gasteiger partial charge in [-0.15, -0.1) is 0 Å². The topological polar surface area (TPSA) is 67.2 Å². The van der Waals surface area contributed by atoms with Gasteiger partial charge in [-0.25, -0.2) is 8.42 Å². The second-order valence-corrected chi connectivity index (χ2v) is 6.19. The standard InChI is InChI=1S/C9H17NO3S/c1-9(2,8-10)4-6-14(11,12)7-5-13-3/h4-7H2,1-3H3. The van der Waals surface area contributed by atoms with Crippen molar-refractivity contribution in [3.8, 4) is 6.07 Å². The average Bonchev–Trinajstić information content (AvgIpc) is 2.12. The van der Waals surface area contributed by atoms with Gasteiger partial charge in [-0.2, -0.15) is 5.26 Å². The molecule has 14 heavy (non-hydrogen) atoms. The van der Waals surface area contributed by atoms with Crippen molar-refractivity contribution in [2.45, 2.75) is 20.3 Å². The maximum absolute atomic E-state index is 11.4. The largest absolute Gasteiger partial charge is 0.384 e. The zero-order valence-electron chi connectivity index (χ0n) is 8.91. The quantitative estimate of drug-likeness (QED) is 0.668. The van der Waals surface area contributed by atoms with Gasteiger partial charge in [-0.05, 0) is 20.3 Å². The number of nitrogens with zero attached hydrogens (tertiary/aromatic N) is 1. The minimum atomic E-state index is -3.06. The molecule has 0 atom stereocenters. The molecule has 5 heteroatoms. The Morgan fingerprint density at radius 2 is 1.93 bits per heavy atom. The summed E-state index contributed by atoms with van der Waals surface area (Å²) in [5.41, 5.74) is -0.569. The first-order chi connectivity index (χ1) is 6.33. The van der Waals surface area contributed by atoms with Crippen LogP contribution in [0.5, 0.6) is 0 Å². The van der Waals surface area contributed by atoms with Crippen molar-refractivity contribution in [1.29, 1.82) is 5.26 Å². The summed E-state index contributed by atoms with van der Waals surface area (Å²) in [5.74, 6) is 0.0852. The smallest absolute Gasteiger partial charge is 0.152 e.